The second kappa shape index (κ2) is 8.47. The van der Waals surface area contributed by atoms with Crippen LogP contribution in [0.3, 0.4) is 0 Å². The molecule has 0 saturated heterocycles. The molecule has 0 aliphatic carbocycles. The first-order valence-corrected chi connectivity index (χ1v) is 10.3. The van der Waals surface area contributed by atoms with Crippen molar-refractivity contribution in [2.24, 2.45) is 0 Å². The number of sulfonamides is 1. The van der Waals surface area contributed by atoms with Crippen LogP contribution in [-0.4, -0.2) is 41.3 Å². The van der Waals surface area contributed by atoms with E-state index in [9.17, 15) is 17.6 Å². The van der Waals surface area contributed by atoms with E-state index in [1.54, 1.807) is 13.8 Å². The van der Waals surface area contributed by atoms with Crippen molar-refractivity contribution < 1.29 is 27.1 Å². The second-order valence-electron chi connectivity index (χ2n) is 6.07. The zero-order valence-electron chi connectivity index (χ0n) is 16.4. The monoisotopic (exact) mass is 410 g/mol. The van der Waals surface area contributed by atoms with Gasteiger partial charge in [-0.1, -0.05) is 6.07 Å². The largest absolute Gasteiger partial charge is 0.493 e. The first-order chi connectivity index (χ1) is 13.1. The Labute approximate surface area is 164 Å². The second-order valence-corrected chi connectivity index (χ2v) is 7.97. The van der Waals surface area contributed by atoms with Crippen molar-refractivity contribution in [1.29, 1.82) is 0 Å². The maximum Gasteiger partial charge on any atom is 0.257 e. The third kappa shape index (κ3) is 4.53. The topological polar surface area (TPSA) is 84.9 Å². The van der Waals surface area contributed by atoms with E-state index in [-0.39, 0.29) is 35.0 Å². The third-order valence-electron chi connectivity index (χ3n) is 4.15. The van der Waals surface area contributed by atoms with E-state index in [1.807, 2.05) is 0 Å². The number of ether oxygens (including phenoxy) is 2. The third-order valence-corrected chi connectivity index (χ3v) is 5.41. The molecule has 0 fully saturated rings. The molecule has 0 aromatic heterocycles. The summed E-state index contributed by atoms with van der Waals surface area (Å²) in [5.74, 6) is -0.568. The number of methoxy groups -OCH3 is 2. The minimum absolute atomic E-state index is 0.0496. The lowest BCUT2D eigenvalue weighted by atomic mass is 10.1. The summed E-state index contributed by atoms with van der Waals surface area (Å²) in [7, 11) is -0.842. The zero-order chi connectivity index (χ0) is 21.1. The Morgan fingerprint density at radius 3 is 2.29 bits per heavy atom. The van der Waals surface area contributed by atoms with Crippen LogP contribution in [0.15, 0.2) is 30.3 Å². The summed E-state index contributed by atoms with van der Waals surface area (Å²) < 4.78 is 49.6. The number of nitrogens with zero attached hydrogens (tertiary/aromatic N) is 1. The SMILES string of the molecule is CCN(c1cc(OC)c(OC)cc1C(=O)Nc1cc(F)ccc1C)S(C)(=O)=O. The molecule has 0 atom stereocenters. The number of anilines is 2. The van der Waals surface area contributed by atoms with E-state index in [0.29, 0.717) is 5.56 Å². The average molecular weight is 410 g/mol. The lowest BCUT2D eigenvalue weighted by Crippen LogP contribution is -2.31. The number of rotatable bonds is 7. The molecule has 0 saturated carbocycles. The van der Waals surface area contributed by atoms with E-state index in [0.717, 1.165) is 10.6 Å². The minimum atomic E-state index is -3.66. The summed E-state index contributed by atoms with van der Waals surface area (Å²) in [6, 6.07) is 6.84. The number of hydrogen-bond donors (Lipinski definition) is 1. The molecule has 0 unspecified atom stereocenters. The smallest absolute Gasteiger partial charge is 0.257 e. The van der Waals surface area contributed by atoms with Crippen LogP contribution < -0.4 is 19.1 Å². The predicted molar refractivity (Wildman–Crippen MR) is 107 cm³/mol. The number of carbonyl (C=O) groups is 1. The molecule has 0 aliphatic rings. The molecule has 0 heterocycles. The summed E-state index contributed by atoms with van der Waals surface area (Å²) in [6.45, 7) is 3.48. The lowest BCUT2D eigenvalue weighted by molar-refractivity contribution is 0.102. The summed E-state index contributed by atoms with van der Waals surface area (Å²) in [6.07, 6.45) is 1.05. The normalized spacial score (nSPS) is 11.1. The summed E-state index contributed by atoms with van der Waals surface area (Å²) in [4.78, 5) is 13.0. The van der Waals surface area contributed by atoms with Crippen molar-refractivity contribution in [2.75, 3.05) is 36.6 Å². The molecule has 0 radical (unpaired) electrons. The number of halogens is 1. The molecule has 2 aromatic rings. The molecule has 152 valence electrons. The Morgan fingerprint density at radius 1 is 1.14 bits per heavy atom. The van der Waals surface area contributed by atoms with Crippen LogP contribution in [0.1, 0.15) is 22.8 Å². The van der Waals surface area contributed by atoms with E-state index in [4.69, 9.17) is 9.47 Å². The molecular formula is C19H23FN2O5S. The number of benzene rings is 2. The highest BCUT2D eigenvalue weighted by Gasteiger charge is 2.25. The van der Waals surface area contributed by atoms with Gasteiger partial charge in [0, 0.05) is 18.3 Å². The minimum Gasteiger partial charge on any atom is -0.493 e. The van der Waals surface area contributed by atoms with Gasteiger partial charge in [0.25, 0.3) is 5.91 Å². The van der Waals surface area contributed by atoms with E-state index in [2.05, 4.69) is 5.32 Å². The van der Waals surface area contributed by atoms with Crippen LogP contribution in [0.5, 0.6) is 11.5 Å². The van der Waals surface area contributed by atoms with Crippen LogP contribution in [0.4, 0.5) is 15.8 Å². The molecule has 9 heteroatoms. The first-order valence-electron chi connectivity index (χ1n) is 8.43. The van der Waals surface area contributed by atoms with Gasteiger partial charge in [0.15, 0.2) is 11.5 Å². The number of aryl methyl sites for hydroxylation is 1. The fourth-order valence-corrected chi connectivity index (χ4v) is 3.74. The van der Waals surface area contributed by atoms with Gasteiger partial charge in [-0.3, -0.25) is 9.10 Å². The molecule has 2 aromatic carbocycles. The van der Waals surface area contributed by atoms with Crippen LogP contribution >= 0.6 is 0 Å². The maximum atomic E-state index is 13.6. The van der Waals surface area contributed by atoms with Crippen molar-refractivity contribution in [3.05, 3.63) is 47.3 Å². The van der Waals surface area contributed by atoms with Crippen molar-refractivity contribution in [1.82, 2.24) is 0 Å². The quantitative estimate of drug-likeness (QED) is 0.758. The highest BCUT2D eigenvalue weighted by Crippen LogP contribution is 2.36. The van der Waals surface area contributed by atoms with Gasteiger partial charge in [0.05, 0.1) is 31.7 Å². The summed E-state index contributed by atoms with van der Waals surface area (Å²) >= 11 is 0. The van der Waals surface area contributed by atoms with E-state index < -0.39 is 21.7 Å². The Kier molecular flexibility index (Phi) is 6.50. The lowest BCUT2D eigenvalue weighted by Gasteiger charge is -2.24. The Balaban J connectivity index is 2.62. The summed E-state index contributed by atoms with van der Waals surface area (Å²) in [5, 5.41) is 2.63. The first kappa shape index (κ1) is 21.5. The fraction of sp³-hybridized carbons (Fsp3) is 0.316. The van der Waals surface area contributed by atoms with E-state index in [1.165, 1.54) is 44.6 Å². The molecule has 0 bridgehead atoms. The highest BCUT2D eigenvalue weighted by atomic mass is 32.2. The van der Waals surface area contributed by atoms with Gasteiger partial charge in [-0.05, 0) is 37.6 Å². The number of amides is 1. The Hall–Kier alpha value is -2.81. The van der Waals surface area contributed by atoms with Gasteiger partial charge in [-0.25, -0.2) is 12.8 Å². The average Bonchev–Trinajstić information content (AvgIpc) is 2.63. The van der Waals surface area contributed by atoms with Crippen molar-refractivity contribution in [3.8, 4) is 11.5 Å². The van der Waals surface area contributed by atoms with Gasteiger partial charge < -0.3 is 14.8 Å². The Morgan fingerprint density at radius 2 is 1.75 bits per heavy atom. The van der Waals surface area contributed by atoms with Crippen LogP contribution in [0.2, 0.25) is 0 Å². The number of carbonyl (C=O) groups excluding carboxylic acids is 1. The van der Waals surface area contributed by atoms with Gasteiger partial charge in [-0.2, -0.15) is 0 Å². The standard InChI is InChI=1S/C19H23FN2O5S/c1-6-22(28(5,24)25)16-11-18(27-4)17(26-3)10-14(16)19(23)21-15-9-13(20)8-7-12(15)2/h7-11H,6H2,1-5H3,(H,21,23). The molecule has 7 nitrogen and oxygen atoms in total. The number of nitrogens with one attached hydrogen (secondary N) is 1. The Bertz CT molecular complexity index is 992. The molecule has 0 aliphatic heterocycles. The molecule has 1 amide bonds. The van der Waals surface area contributed by atoms with Crippen LogP contribution in [0.25, 0.3) is 0 Å². The van der Waals surface area contributed by atoms with Crippen LogP contribution in [-0.2, 0) is 10.0 Å². The molecular weight excluding hydrogens is 387 g/mol. The molecule has 0 spiro atoms. The van der Waals surface area contributed by atoms with Crippen molar-refractivity contribution in [2.45, 2.75) is 13.8 Å². The van der Waals surface area contributed by atoms with Crippen molar-refractivity contribution >= 4 is 27.3 Å². The maximum absolute atomic E-state index is 13.6. The predicted octanol–water partition coefficient (Wildman–Crippen LogP) is 3.19. The fourth-order valence-electron chi connectivity index (χ4n) is 2.76. The van der Waals surface area contributed by atoms with Gasteiger partial charge in [-0.15, -0.1) is 0 Å². The molecule has 28 heavy (non-hydrogen) atoms. The van der Waals surface area contributed by atoms with Crippen molar-refractivity contribution in [3.63, 3.8) is 0 Å². The molecule has 1 N–H and O–H groups in total. The summed E-state index contributed by atoms with van der Waals surface area (Å²) in [5.41, 5.74) is 1.13. The van der Waals surface area contributed by atoms with E-state index >= 15 is 0 Å². The highest BCUT2D eigenvalue weighted by molar-refractivity contribution is 7.92. The van der Waals surface area contributed by atoms with Crippen LogP contribution in [0, 0.1) is 12.7 Å². The zero-order valence-corrected chi connectivity index (χ0v) is 17.2. The van der Waals surface area contributed by atoms with Gasteiger partial charge in [0.1, 0.15) is 5.82 Å². The van der Waals surface area contributed by atoms with Gasteiger partial charge >= 0.3 is 0 Å². The molecule has 2 rings (SSSR count). The number of hydrogen-bond acceptors (Lipinski definition) is 5. The van der Waals surface area contributed by atoms with Gasteiger partial charge in [0.2, 0.25) is 10.0 Å².